The Morgan fingerprint density at radius 2 is 2.04 bits per heavy atom. The number of hydrogen-bond donors (Lipinski definition) is 2. The van der Waals surface area contributed by atoms with Crippen molar-refractivity contribution in [3.8, 4) is 0 Å². The van der Waals surface area contributed by atoms with Gasteiger partial charge in [0.2, 0.25) is 0 Å². The molecule has 0 fully saturated rings. The molecule has 0 spiro atoms. The molecule has 24 heavy (non-hydrogen) atoms. The van der Waals surface area contributed by atoms with Crippen molar-refractivity contribution in [2.24, 2.45) is 5.41 Å². The lowest BCUT2D eigenvalue weighted by molar-refractivity contribution is -0.140. The molecule has 0 saturated heterocycles. The van der Waals surface area contributed by atoms with Gasteiger partial charge in [-0.25, -0.2) is 18.4 Å². The van der Waals surface area contributed by atoms with E-state index in [-0.39, 0.29) is 24.9 Å². The number of nitrogens with zero attached hydrogens (tertiary/aromatic N) is 3. The molecule has 0 saturated carbocycles. The molecule has 1 atom stereocenters. The van der Waals surface area contributed by atoms with Gasteiger partial charge in [-0.1, -0.05) is 19.9 Å². The first-order valence-electron chi connectivity index (χ1n) is 7.38. The maximum absolute atomic E-state index is 14.3. The Morgan fingerprint density at radius 1 is 1.33 bits per heavy atom. The summed E-state index contributed by atoms with van der Waals surface area (Å²) in [4.78, 5) is 14.7. The molecule has 1 aromatic heterocycles. The Bertz CT molecular complexity index is 719. The first-order chi connectivity index (χ1) is 11.2. The maximum atomic E-state index is 14.3. The molecule has 1 aromatic carbocycles. The van der Waals surface area contributed by atoms with Gasteiger partial charge in [-0.15, -0.1) is 0 Å². The molecule has 0 aliphatic heterocycles. The van der Waals surface area contributed by atoms with E-state index in [1.807, 2.05) is 0 Å². The summed E-state index contributed by atoms with van der Waals surface area (Å²) in [5.41, 5.74) is -2.96. The van der Waals surface area contributed by atoms with Crippen LogP contribution in [-0.2, 0) is 16.9 Å². The molecule has 0 aliphatic rings. The average molecular weight is 339 g/mol. The first kappa shape index (κ1) is 18.0. The molecule has 0 aliphatic carbocycles. The lowest BCUT2D eigenvalue weighted by Crippen LogP contribution is -2.46. The zero-order chi connectivity index (χ0) is 18.0. The summed E-state index contributed by atoms with van der Waals surface area (Å²) in [6.07, 6.45) is 2.52. The minimum Gasteiger partial charge on any atom is -0.481 e. The molecular weight excluding hydrogens is 320 g/mol. The van der Waals surface area contributed by atoms with Crippen molar-refractivity contribution >= 4 is 5.97 Å². The van der Waals surface area contributed by atoms with Crippen LogP contribution < -0.4 is 0 Å². The van der Waals surface area contributed by atoms with Crippen LogP contribution in [0.3, 0.4) is 0 Å². The van der Waals surface area contributed by atoms with Crippen molar-refractivity contribution in [2.45, 2.75) is 38.8 Å². The molecule has 0 bridgehead atoms. The second-order valence-electron chi connectivity index (χ2n) is 6.36. The van der Waals surface area contributed by atoms with Crippen molar-refractivity contribution in [3.63, 3.8) is 0 Å². The summed E-state index contributed by atoms with van der Waals surface area (Å²) >= 11 is 0. The van der Waals surface area contributed by atoms with Crippen LogP contribution in [0.5, 0.6) is 0 Å². The Morgan fingerprint density at radius 3 is 2.58 bits per heavy atom. The predicted molar refractivity (Wildman–Crippen MR) is 80.9 cm³/mol. The molecule has 8 heteroatoms. The lowest BCUT2D eigenvalue weighted by atomic mass is 9.68. The van der Waals surface area contributed by atoms with E-state index in [4.69, 9.17) is 5.11 Å². The first-order valence-corrected chi connectivity index (χ1v) is 7.38. The van der Waals surface area contributed by atoms with E-state index in [9.17, 15) is 18.7 Å². The van der Waals surface area contributed by atoms with Crippen molar-refractivity contribution in [1.29, 1.82) is 0 Å². The molecular formula is C16H19F2N3O3. The second-order valence-corrected chi connectivity index (χ2v) is 6.36. The number of carboxylic acid groups (broad SMARTS) is 1. The summed E-state index contributed by atoms with van der Waals surface area (Å²) < 4.78 is 28.9. The van der Waals surface area contributed by atoms with Gasteiger partial charge in [0, 0.05) is 23.5 Å². The Kier molecular flexibility index (Phi) is 4.98. The SMILES string of the molecule is CC(C)(CCC(=O)O)C(O)(Cn1cncn1)c1ccc(F)cc1F. The van der Waals surface area contributed by atoms with Gasteiger partial charge in [0.15, 0.2) is 0 Å². The topological polar surface area (TPSA) is 88.2 Å². The van der Waals surface area contributed by atoms with Crippen LogP contribution in [-0.4, -0.2) is 30.9 Å². The Hall–Kier alpha value is -2.35. The fourth-order valence-corrected chi connectivity index (χ4v) is 2.66. The third kappa shape index (κ3) is 3.59. The van der Waals surface area contributed by atoms with E-state index in [0.29, 0.717) is 6.07 Å². The van der Waals surface area contributed by atoms with Gasteiger partial charge in [0.25, 0.3) is 0 Å². The third-order valence-electron chi connectivity index (χ3n) is 4.32. The normalized spacial score (nSPS) is 14.4. The van der Waals surface area contributed by atoms with Gasteiger partial charge in [-0.2, -0.15) is 5.10 Å². The van der Waals surface area contributed by atoms with Crippen LogP contribution in [0.15, 0.2) is 30.9 Å². The van der Waals surface area contributed by atoms with E-state index in [0.717, 1.165) is 6.07 Å². The van der Waals surface area contributed by atoms with E-state index in [2.05, 4.69) is 10.1 Å². The maximum Gasteiger partial charge on any atom is 0.303 e. The van der Waals surface area contributed by atoms with E-state index in [1.165, 1.54) is 23.4 Å². The Labute approximate surface area is 137 Å². The third-order valence-corrected chi connectivity index (χ3v) is 4.32. The highest BCUT2D eigenvalue weighted by molar-refractivity contribution is 5.66. The van der Waals surface area contributed by atoms with Gasteiger partial charge in [-0.3, -0.25) is 4.79 Å². The lowest BCUT2D eigenvalue weighted by Gasteiger charge is -2.43. The van der Waals surface area contributed by atoms with Crippen molar-refractivity contribution in [2.75, 3.05) is 0 Å². The number of halogens is 2. The molecule has 1 heterocycles. The summed E-state index contributed by atoms with van der Waals surface area (Å²) in [5.74, 6) is -2.69. The summed E-state index contributed by atoms with van der Waals surface area (Å²) in [7, 11) is 0. The van der Waals surface area contributed by atoms with E-state index >= 15 is 0 Å². The van der Waals surface area contributed by atoms with Gasteiger partial charge in [-0.05, 0) is 12.5 Å². The zero-order valence-electron chi connectivity index (χ0n) is 13.4. The van der Waals surface area contributed by atoms with Crippen LogP contribution in [0, 0.1) is 17.0 Å². The number of hydrogen-bond acceptors (Lipinski definition) is 4. The van der Waals surface area contributed by atoms with E-state index < -0.39 is 28.6 Å². The number of aromatic nitrogens is 3. The number of aliphatic carboxylic acids is 1. The fourth-order valence-electron chi connectivity index (χ4n) is 2.66. The van der Waals surface area contributed by atoms with Gasteiger partial charge < -0.3 is 10.2 Å². The standard InChI is InChI=1S/C16H19F2N3O3/c1-15(2,6-5-14(22)23)16(24,8-21-10-19-9-20-21)12-4-3-11(17)7-13(12)18/h3-4,7,9-10,24H,5-6,8H2,1-2H3,(H,22,23). The monoisotopic (exact) mass is 339 g/mol. The molecule has 0 amide bonds. The number of rotatable bonds is 7. The second kappa shape index (κ2) is 6.64. The fraction of sp³-hybridized carbons (Fsp3) is 0.438. The zero-order valence-corrected chi connectivity index (χ0v) is 13.4. The summed E-state index contributed by atoms with van der Waals surface area (Å²) in [6.45, 7) is 3.12. The minimum absolute atomic E-state index is 0.0876. The largest absolute Gasteiger partial charge is 0.481 e. The Balaban J connectivity index is 2.49. The van der Waals surface area contributed by atoms with Crippen molar-refractivity contribution in [1.82, 2.24) is 14.8 Å². The van der Waals surface area contributed by atoms with Gasteiger partial charge in [0.1, 0.15) is 29.9 Å². The van der Waals surface area contributed by atoms with Gasteiger partial charge in [0.05, 0.1) is 6.54 Å². The molecule has 0 radical (unpaired) electrons. The quantitative estimate of drug-likeness (QED) is 0.808. The molecule has 2 N–H and O–H groups in total. The number of carboxylic acids is 1. The molecule has 130 valence electrons. The highest BCUT2D eigenvalue weighted by Crippen LogP contribution is 2.45. The molecule has 2 aromatic rings. The predicted octanol–water partition coefficient (Wildman–Crippen LogP) is 2.34. The summed E-state index contributed by atoms with van der Waals surface area (Å²) in [6, 6.07) is 2.91. The summed E-state index contributed by atoms with van der Waals surface area (Å²) in [5, 5.41) is 24.2. The van der Waals surface area contributed by atoms with Crippen LogP contribution in [0.2, 0.25) is 0 Å². The van der Waals surface area contributed by atoms with Crippen LogP contribution in [0.1, 0.15) is 32.3 Å². The molecule has 2 rings (SSSR count). The van der Waals surface area contributed by atoms with Crippen molar-refractivity contribution in [3.05, 3.63) is 48.1 Å². The van der Waals surface area contributed by atoms with E-state index in [1.54, 1.807) is 13.8 Å². The minimum atomic E-state index is -1.81. The van der Waals surface area contributed by atoms with Crippen LogP contribution >= 0.6 is 0 Å². The number of benzene rings is 1. The molecule has 1 unspecified atom stereocenters. The van der Waals surface area contributed by atoms with Gasteiger partial charge >= 0.3 is 5.97 Å². The van der Waals surface area contributed by atoms with Crippen LogP contribution in [0.25, 0.3) is 0 Å². The van der Waals surface area contributed by atoms with Crippen molar-refractivity contribution < 1.29 is 23.8 Å². The highest BCUT2D eigenvalue weighted by Gasteiger charge is 2.47. The number of aliphatic hydroxyl groups is 1. The smallest absolute Gasteiger partial charge is 0.303 e. The highest BCUT2D eigenvalue weighted by atomic mass is 19.1. The average Bonchev–Trinajstić information content (AvgIpc) is 2.97. The molecule has 6 nitrogen and oxygen atoms in total. The van der Waals surface area contributed by atoms with Crippen LogP contribution in [0.4, 0.5) is 8.78 Å². The number of carbonyl (C=O) groups is 1.